The van der Waals surface area contributed by atoms with Crippen molar-refractivity contribution in [2.75, 3.05) is 11.9 Å². The third-order valence-electron chi connectivity index (χ3n) is 3.53. The van der Waals surface area contributed by atoms with E-state index in [4.69, 9.17) is 0 Å². The Morgan fingerprint density at radius 1 is 1.05 bits per heavy atom. The van der Waals surface area contributed by atoms with Gasteiger partial charge in [-0.2, -0.15) is 0 Å². The first kappa shape index (κ1) is 15.1. The summed E-state index contributed by atoms with van der Waals surface area (Å²) in [6.45, 7) is 6.00. The van der Waals surface area contributed by atoms with Crippen LogP contribution in [0.2, 0.25) is 0 Å². The van der Waals surface area contributed by atoms with Gasteiger partial charge in [0.2, 0.25) is 0 Å². The maximum atomic E-state index is 9.63. The zero-order chi connectivity index (χ0) is 14.9. The normalized spacial score (nSPS) is 12.3. The van der Waals surface area contributed by atoms with Crippen molar-refractivity contribution >= 4 is 27.3 Å². The van der Waals surface area contributed by atoms with E-state index in [9.17, 15) is 5.11 Å². The van der Waals surface area contributed by atoms with Crippen LogP contribution in [-0.2, 0) is 0 Å². The lowest BCUT2D eigenvalue weighted by Crippen LogP contribution is -2.12. The monoisotopic (exact) mass is 333 g/mol. The van der Waals surface area contributed by atoms with E-state index in [2.05, 4.69) is 59.9 Å². The standard InChI is InChI=1S/C17H20BrNO/c1-11-5-7-16(12(2)9-11)19(4)17-8-6-14(13(3)20)10-15(17)18/h5-10,13,20H,1-4H3/t13-/m0/s1. The predicted molar refractivity (Wildman–Crippen MR) is 88.8 cm³/mol. The number of nitrogens with zero attached hydrogens (tertiary/aromatic N) is 1. The minimum Gasteiger partial charge on any atom is -0.389 e. The molecule has 0 aliphatic carbocycles. The van der Waals surface area contributed by atoms with E-state index in [1.807, 2.05) is 18.2 Å². The molecule has 0 aliphatic rings. The molecule has 0 heterocycles. The number of hydrogen-bond donors (Lipinski definition) is 1. The molecule has 0 aliphatic heterocycles. The van der Waals surface area contributed by atoms with Gasteiger partial charge in [0.15, 0.2) is 0 Å². The molecule has 1 N–H and O–H groups in total. The lowest BCUT2D eigenvalue weighted by molar-refractivity contribution is 0.199. The Balaban J connectivity index is 2.40. The maximum absolute atomic E-state index is 9.63. The van der Waals surface area contributed by atoms with Crippen LogP contribution in [0.5, 0.6) is 0 Å². The molecule has 0 saturated carbocycles. The van der Waals surface area contributed by atoms with Gasteiger partial charge in [0.25, 0.3) is 0 Å². The highest BCUT2D eigenvalue weighted by molar-refractivity contribution is 9.10. The highest BCUT2D eigenvalue weighted by Crippen LogP contribution is 2.34. The topological polar surface area (TPSA) is 23.5 Å². The third kappa shape index (κ3) is 3.05. The number of aryl methyl sites for hydroxylation is 2. The summed E-state index contributed by atoms with van der Waals surface area (Å²) in [5.74, 6) is 0. The minimum absolute atomic E-state index is 0.452. The summed E-state index contributed by atoms with van der Waals surface area (Å²) in [5, 5.41) is 9.63. The molecule has 0 fully saturated rings. The lowest BCUT2D eigenvalue weighted by atomic mass is 10.1. The Bertz CT molecular complexity index is 622. The summed E-state index contributed by atoms with van der Waals surface area (Å²) in [6, 6.07) is 12.4. The number of rotatable bonds is 3. The molecule has 0 saturated heterocycles. The minimum atomic E-state index is -0.452. The van der Waals surface area contributed by atoms with Crippen LogP contribution in [0.3, 0.4) is 0 Å². The van der Waals surface area contributed by atoms with Gasteiger partial charge in [0.05, 0.1) is 11.8 Å². The zero-order valence-corrected chi connectivity index (χ0v) is 13.9. The number of aliphatic hydroxyl groups is 1. The summed E-state index contributed by atoms with van der Waals surface area (Å²) >= 11 is 3.60. The van der Waals surface area contributed by atoms with Gasteiger partial charge in [-0.15, -0.1) is 0 Å². The quantitative estimate of drug-likeness (QED) is 0.864. The summed E-state index contributed by atoms with van der Waals surface area (Å²) in [6.07, 6.45) is -0.452. The fourth-order valence-corrected chi connectivity index (χ4v) is 3.03. The van der Waals surface area contributed by atoms with Crippen LogP contribution < -0.4 is 4.90 Å². The molecule has 1 atom stereocenters. The molecule has 0 unspecified atom stereocenters. The summed E-state index contributed by atoms with van der Waals surface area (Å²) < 4.78 is 0.985. The molecule has 0 amide bonds. The largest absolute Gasteiger partial charge is 0.389 e. The van der Waals surface area contributed by atoms with E-state index in [0.29, 0.717) is 0 Å². The molecule has 2 aromatic carbocycles. The number of benzene rings is 2. The van der Waals surface area contributed by atoms with Gasteiger partial charge < -0.3 is 10.0 Å². The summed E-state index contributed by atoms with van der Waals surface area (Å²) in [7, 11) is 2.06. The average molecular weight is 334 g/mol. The number of hydrogen-bond acceptors (Lipinski definition) is 2. The first-order valence-electron chi connectivity index (χ1n) is 6.68. The van der Waals surface area contributed by atoms with Crippen LogP contribution in [0, 0.1) is 13.8 Å². The Hall–Kier alpha value is -1.32. The molecule has 0 aromatic heterocycles. The van der Waals surface area contributed by atoms with Gasteiger partial charge in [-0.05, 0) is 66.0 Å². The van der Waals surface area contributed by atoms with Crippen molar-refractivity contribution in [3.63, 3.8) is 0 Å². The summed E-state index contributed by atoms with van der Waals surface area (Å²) in [4.78, 5) is 2.16. The molecular formula is C17H20BrNO. The van der Waals surface area contributed by atoms with Crippen molar-refractivity contribution in [1.29, 1.82) is 0 Å². The molecule has 2 aromatic rings. The van der Waals surface area contributed by atoms with Crippen LogP contribution in [0.25, 0.3) is 0 Å². The number of halogens is 1. The first-order valence-corrected chi connectivity index (χ1v) is 7.48. The van der Waals surface area contributed by atoms with Crippen molar-refractivity contribution in [2.24, 2.45) is 0 Å². The Morgan fingerprint density at radius 2 is 1.70 bits per heavy atom. The van der Waals surface area contributed by atoms with Crippen LogP contribution in [0.4, 0.5) is 11.4 Å². The second kappa shape index (κ2) is 5.98. The molecule has 3 heteroatoms. The van der Waals surface area contributed by atoms with Crippen molar-refractivity contribution in [3.8, 4) is 0 Å². The van der Waals surface area contributed by atoms with Gasteiger partial charge in [-0.1, -0.05) is 23.8 Å². The number of anilines is 2. The smallest absolute Gasteiger partial charge is 0.0762 e. The van der Waals surface area contributed by atoms with Gasteiger partial charge >= 0.3 is 0 Å². The summed E-state index contributed by atoms with van der Waals surface area (Å²) in [5.41, 5.74) is 5.69. The molecule has 0 bridgehead atoms. The molecule has 106 valence electrons. The first-order chi connectivity index (χ1) is 9.40. The van der Waals surface area contributed by atoms with Gasteiger partial charge in [0, 0.05) is 17.2 Å². The van der Waals surface area contributed by atoms with E-state index in [-0.39, 0.29) is 0 Å². The van der Waals surface area contributed by atoms with Crippen LogP contribution in [0.15, 0.2) is 40.9 Å². The maximum Gasteiger partial charge on any atom is 0.0762 e. The van der Waals surface area contributed by atoms with Crippen molar-refractivity contribution in [3.05, 3.63) is 57.6 Å². The Labute approximate surface area is 129 Å². The van der Waals surface area contributed by atoms with Gasteiger partial charge in [0.1, 0.15) is 0 Å². The second-order valence-corrected chi connectivity index (χ2v) is 6.09. The second-order valence-electron chi connectivity index (χ2n) is 5.24. The molecule has 2 rings (SSSR count). The van der Waals surface area contributed by atoms with Crippen LogP contribution in [0.1, 0.15) is 29.7 Å². The SMILES string of the molecule is Cc1ccc(N(C)c2ccc([C@H](C)O)cc2Br)c(C)c1. The highest BCUT2D eigenvalue weighted by Gasteiger charge is 2.12. The van der Waals surface area contributed by atoms with Crippen LogP contribution >= 0.6 is 15.9 Å². The molecule has 2 nitrogen and oxygen atoms in total. The Kier molecular flexibility index (Phi) is 4.51. The van der Waals surface area contributed by atoms with Crippen molar-refractivity contribution in [2.45, 2.75) is 26.9 Å². The fraction of sp³-hybridized carbons (Fsp3) is 0.294. The average Bonchev–Trinajstić information content (AvgIpc) is 2.37. The molecular weight excluding hydrogens is 314 g/mol. The van der Waals surface area contributed by atoms with E-state index in [0.717, 1.165) is 15.7 Å². The van der Waals surface area contributed by atoms with Crippen molar-refractivity contribution in [1.82, 2.24) is 0 Å². The van der Waals surface area contributed by atoms with E-state index in [1.165, 1.54) is 16.8 Å². The fourth-order valence-electron chi connectivity index (χ4n) is 2.37. The van der Waals surface area contributed by atoms with Gasteiger partial charge in [-0.3, -0.25) is 0 Å². The molecule has 20 heavy (non-hydrogen) atoms. The predicted octanol–water partition coefficient (Wildman–Crippen LogP) is 4.89. The third-order valence-corrected chi connectivity index (χ3v) is 4.16. The molecule has 0 radical (unpaired) electrons. The van der Waals surface area contributed by atoms with Crippen LogP contribution in [-0.4, -0.2) is 12.2 Å². The lowest BCUT2D eigenvalue weighted by Gasteiger charge is -2.24. The van der Waals surface area contributed by atoms with Gasteiger partial charge in [-0.25, -0.2) is 0 Å². The number of aliphatic hydroxyl groups excluding tert-OH is 1. The van der Waals surface area contributed by atoms with Crippen molar-refractivity contribution < 1.29 is 5.11 Å². The zero-order valence-electron chi connectivity index (χ0n) is 12.3. The molecule has 0 spiro atoms. The Morgan fingerprint density at radius 3 is 2.25 bits per heavy atom. The van der Waals surface area contributed by atoms with E-state index >= 15 is 0 Å². The van der Waals surface area contributed by atoms with E-state index < -0.39 is 6.10 Å². The van der Waals surface area contributed by atoms with E-state index in [1.54, 1.807) is 6.92 Å². The highest BCUT2D eigenvalue weighted by atomic mass is 79.9.